The molecule has 1 unspecified atom stereocenters. The maximum Gasteiger partial charge on any atom is 0.0680 e. The van der Waals surface area contributed by atoms with E-state index in [1.807, 2.05) is 0 Å². The van der Waals surface area contributed by atoms with E-state index in [-0.39, 0.29) is 6.10 Å². The molecule has 54 valence electrons. The van der Waals surface area contributed by atoms with E-state index in [1.165, 1.54) is 0 Å². The highest BCUT2D eigenvalue weighted by Gasteiger charge is 2.20. The predicted molar refractivity (Wildman–Crippen MR) is 34.3 cm³/mol. The van der Waals surface area contributed by atoms with Crippen molar-refractivity contribution in [1.29, 1.82) is 0 Å². The van der Waals surface area contributed by atoms with Gasteiger partial charge in [-0.15, -0.1) is 0 Å². The van der Waals surface area contributed by atoms with Gasteiger partial charge in [-0.3, -0.25) is 0 Å². The van der Waals surface area contributed by atoms with Gasteiger partial charge in [0.05, 0.1) is 12.7 Å². The second kappa shape index (κ2) is 3.15. The predicted octanol–water partition coefficient (Wildman–Crippen LogP) is -0.644. The van der Waals surface area contributed by atoms with Crippen LogP contribution in [0.5, 0.6) is 0 Å². The Bertz CT molecular complexity index is 85.1. The maximum atomic E-state index is 9.01. The number of rotatable bonds is 2. The molecule has 1 saturated heterocycles. The molecule has 9 heavy (non-hydrogen) atoms. The molecule has 0 amide bonds. The van der Waals surface area contributed by atoms with Crippen LogP contribution in [0.15, 0.2) is 0 Å². The van der Waals surface area contributed by atoms with Gasteiger partial charge in [0, 0.05) is 19.7 Å². The third-order valence-electron chi connectivity index (χ3n) is 1.57. The van der Waals surface area contributed by atoms with Gasteiger partial charge in [0.25, 0.3) is 0 Å². The first kappa shape index (κ1) is 6.99. The van der Waals surface area contributed by atoms with Crippen molar-refractivity contribution in [3.63, 3.8) is 0 Å². The molecular formula is C6H13NO2. The van der Waals surface area contributed by atoms with Crippen molar-refractivity contribution in [1.82, 2.24) is 5.32 Å². The Hall–Kier alpha value is -0.120. The van der Waals surface area contributed by atoms with Crippen molar-refractivity contribution in [2.45, 2.75) is 18.6 Å². The van der Waals surface area contributed by atoms with E-state index < -0.39 is 0 Å². The van der Waals surface area contributed by atoms with Crippen LogP contribution in [0, 0.1) is 0 Å². The lowest BCUT2D eigenvalue weighted by molar-refractivity contribution is 0.157. The van der Waals surface area contributed by atoms with E-state index >= 15 is 0 Å². The van der Waals surface area contributed by atoms with E-state index in [1.54, 1.807) is 7.11 Å². The van der Waals surface area contributed by atoms with Crippen LogP contribution in [0.1, 0.15) is 6.42 Å². The number of ether oxygens (including phenoxy) is 1. The molecule has 0 aromatic rings. The van der Waals surface area contributed by atoms with Gasteiger partial charge in [0.2, 0.25) is 0 Å². The molecule has 0 aliphatic carbocycles. The second-order valence-electron chi connectivity index (χ2n) is 2.45. The molecule has 0 saturated carbocycles. The zero-order valence-corrected chi connectivity index (χ0v) is 5.63. The molecule has 1 aliphatic rings. The van der Waals surface area contributed by atoms with Crippen LogP contribution in [0.25, 0.3) is 0 Å². The summed E-state index contributed by atoms with van der Waals surface area (Å²) in [7, 11) is 1.67. The molecule has 0 bridgehead atoms. The quantitative estimate of drug-likeness (QED) is 0.523. The number of methoxy groups -OCH3 is 1. The fourth-order valence-corrected chi connectivity index (χ4v) is 1.13. The van der Waals surface area contributed by atoms with Crippen LogP contribution < -0.4 is 5.32 Å². The topological polar surface area (TPSA) is 41.5 Å². The van der Waals surface area contributed by atoms with Crippen molar-refractivity contribution in [2.24, 2.45) is 0 Å². The highest BCUT2D eigenvalue weighted by Crippen LogP contribution is 2.05. The van der Waals surface area contributed by atoms with Crippen molar-refractivity contribution in [3.05, 3.63) is 0 Å². The van der Waals surface area contributed by atoms with E-state index in [0.29, 0.717) is 19.2 Å². The smallest absolute Gasteiger partial charge is 0.0680 e. The van der Waals surface area contributed by atoms with Crippen molar-refractivity contribution in [2.75, 3.05) is 20.3 Å². The molecule has 0 radical (unpaired) electrons. The molecule has 3 heteroatoms. The zero-order chi connectivity index (χ0) is 6.69. The van der Waals surface area contributed by atoms with Crippen LogP contribution in [-0.2, 0) is 4.74 Å². The van der Waals surface area contributed by atoms with Crippen LogP contribution in [0.2, 0.25) is 0 Å². The Morgan fingerprint density at radius 1 is 1.78 bits per heavy atom. The van der Waals surface area contributed by atoms with Gasteiger partial charge < -0.3 is 15.2 Å². The summed E-state index contributed by atoms with van der Waals surface area (Å²) >= 11 is 0. The number of hydrogen-bond acceptors (Lipinski definition) is 3. The fraction of sp³-hybridized carbons (Fsp3) is 1.00. The van der Waals surface area contributed by atoms with Gasteiger partial charge in [0.15, 0.2) is 0 Å². The van der Waals surface area contributed by atoms with Gasteiger partial charge in [-0.2, -0.15) is 0 Å². The van der Waals surface area contributed by atoms with Crippen molar-refractivity contribution < 1.29 is 9.84 Å². The van der Waals surface area contributed by atoms with Gasteiger partial charge in [0.1, 0.15) is 0 Å². The van der Waals surface area contributed by atoms with Crippen LogP contribution in [-0.4, -0.2) is 37.5 Å². The van der Waals surface area contributed by atoms with Gasteiger partial charge in [-0.05, 0) is 6.42 Å². The summed E-state index contributed by atoms with van der Waals surface area (Å²) in [5, 5.41) is 12.1. The van der Waals surface area contributed by atoms with Crippen molar-refractivity contribution in [3.8, 4) is 0 Å². The van der Waals surface area contributed by atoms with Gasteiger partial charge >= 0.3 is 0 Å². The normalized spacial score (nSPS) is 35.3. The minimum Gasteiger partial charge on any atom is -0.392 e. The first-order valence-electron chi connectivity index (χ1n) is 3.23. The van der Waals surface area contributed by atoms with Crippen LogP contribution in [0.3, 0.4) is 0 Å². The third kappa shape index (κ3) is 1.93. The molecule has 1 fully saturated rings. The minimum absolute atomic E-state index is 0.162. The lowest BCUT2D eigenvalue weighted by Crippen LogP contribution is -2.25. The summed E-state index contributed by atoms with van der Waals surface area (Å²) in [4.78, 5) is 0. The Labute approximate surface area is 55.0 Å². The number of aliphatic hydroxyl groups is 1. The molecule has 2 atom stereocenters. The molecule has 0 aromatic carbocycles. The maximum absolute atomic E-state index is 9.01. The minimum atomic E-state index is -0.162. The number of aliphatic hydroxyl groups excluding tert-OH is 1. The zero-order valence-electron chi connectivity index (χ0n) is 5.63. The highest BCUT2D eigenvalue weighted by molar-refractivity contribution is 4.80. The van der Waals surface area contributed by atoms with E-state index in [9.17, 15) is 0 Å². The standard InChI is InChI=1S/C6H13NO2/c1-9-4-5-2-6(8)3-7-5/h5-8H,2-4H2,1H3/t5-,6?/m0/s1. The lowest BCUT2D eigenvalue weighted by Gasteiger charge is -2.06. The molecular weight excluding hydrogens is 118 g/mol. The average molecular weight is 131 g/mol. The number of nitrogens with one attached hydrogen (secondary N) is 1. The van der Waals surface area contributed by atoms with Gasteiger partial charge in [-0.1, -0.05) is 0 Å². The molecule has 0 aromatic heterocycles. The summed E-state index contributed by atoms with van der Waals surface area (Å²) in [5.41, 5.74) is 0. The van der Waals surface area contributed by atoms with Crippen LogP contribution in [0.4, 0.5) is 0 Å². The molecule has 1 heterocycles. The van der Waals surface area contributed by atoms with Crippen molar-refractivity contribution >= 4 is 0 Å². The Kier molecular flexibility index (Phi) is 2.45. The number of β-amino-alcohol motifs (C(OH)–C–C–N with tert-alkyl or cyclic N) is 1. The summed E-state index contributed by atoms with van der Waals surface area (Å²) in [6, 6.07) is 0.366. The summed E-state index contributed by atoms with van der Waals surface area (Å²) in [5.74, 6) is 0. The fourth-order valence-electron chi connectivity index (χ4n) is 1.13. The average Bonchev–Trinajstić information content (AvgIpc) is 2.17. The summed E-state index contributed by atoms with van der Waals surface area (Å²) in [6.45, 7) is 1.42. The molecule has 0 spiro atoms. The highest BCUT2D eigenvalue weighted by atomic mass is 16.5. The SMILES string of the molecule is COC[C@@H]1CC(O)CN1. The Morgan fingerprint density at radius 3 is 3.00 bits per heavy atom. The largest absolute Gasteiger partial charge is 0.392 e. The Balaban J connectivity index is 2.14. The molecule has 3 nitrogen and oxygen atoms in total. The summed E-state index contributed by atoms with van der Waals surface area (Å²) in [6.07, 6.45) is 0.665. The third-order valence-corrected chi connectivity index (χ3v) is 1.57. The van der Waals surface area contributed by atoms with Gasteiger partial charge in [-0.25, -0.2) is 0 Å². The van der Waals surface area contributed by atoms with E-state index in [0.717, 1.165) is 6.42 Å². The van der Waals surface area contributed by atoms with Crippen LogP contribution >= 0.6 is 0 Å². The monoisotopic (exact) mass is 131 g/mol. The van der Waals surface area contributed by atoms with E-state index in [2.05, 4.69) is 5.32 Å². The first-order valence-corrected chi connectivity index (χ1v) is 3.23. The Morgan fingerprint density at radius 2 is 2.56 bits per heavy atom. The first-order chi connectivity index (χ1) is 4.33. The molecule has 2 N–H and O–H groups in total. The lowest BCUT2D eigenvalue weighted by atomic mass is 10.2. The van der Waals surface area contributed by atoms with E-state index in [4.69, 9.17) is 9.84 Å². The second-order valence-corrected chi connectivity index (χ2v) is 2.45. The summed E-state index contributed by atoms with van der Waals surface area (Å²) < 4.78 is 4.90. The number of hydrogen-bond donors (Lipinski definition) is 2. The molecule has 1 rings (SSSR count). The molecule has 1 aliphatic heterocycles.